The van der Waals surface area contributed by atoms with E-state index in [1.54, 1.807) is 0 Å². The van der Waals surface area contributed by atoms with Gasteiger partial charge in [-0.1, -0.05) is 13.0 Å². The number of hydrogen-bond donors (Lipinski definition) is 2. The van der Waals surface area contributed by atoms with Crippen LogP contribution in [0, 0.1) is 0 Å². The Morgan fingerprint density at radius 2 is 2.00 bits per heavy atom. The highest BCUT2D eigenvalue weighted by Crippen LogP contribution is 2.34. The number of amides is 2. The van der Waals surface area contributed by atoms with E-state index >= 15 is 0 Å². The molecule has 0 saturated carbocycles. The fourth-order valence-electron chi connectivity index (χ4n) is 1.83. The average Bonchev–Trinajstić information content (AvgIpc) is 2.85. The second kappa shape index (κ2) is 5.82. The summed E-state index contributed by atoms with van der Waals surface area (Å²) in [5, 5.41) is 5.78. The molecule has 0 unspecified atom stereocenters. The molecule has 5 heteroatoms. The van der Waals surface area contributed by atoms with E-state index in [0.29, 0.717) is 0 Å². The van der Waals surface area contributed by atoms with Gasteiger partial charge in [0.05, 0.1) is 6.04 Å². The Morgan fingerprint density at radius 1 is 1.26 bits per heavy atom. The maximum atomic E-state index is 11.8. The van der Waals surface area contributed by atoms with E-state index < -0.39 is 0 Å². The molecule has 1 aliphatic rings. The number of rotatable bonds is 4. The molecule has 0 spiro atoms. The fraction of sp³-hybridized carbons (Fsp3) is 0.500. The number of nitrogens with one attached hydrogen (secondary N) is 2. The molecule has 1 aromatic carbocycles. The van der Waals surface area contributed by atoms with Crippen LogP contribution in [0.4, 0.5) is 4.79 Å². The zero-order valence-corrected chi connectivity index (χ0v) is 11.5. The van der Waals surface area contributed by atoms with Gasteiger partial charge in [0.15, 0.2) is 11.5 Å². The maximum absolute atomic E-state index is 11.8. The van der Waals surface area contributed by atoms with E-state index in [2.05, 4.69) is 10.6 Å². The van der Waals surface area contributed by atoms with Crippen LogP contribution in [0.1, 0.15) is 38.8 Å². The Morgan fingerprint density at radius 3 is 2.74 bits per heavy atom. The number of carbonyl (C=O) groups is 1. The largest absolute Gasteiger partial charge is 0.454 e. The van der Waals surface area contributed by atoms with Gasteiger partial charge in [-0.05, 0) is 38.0 Å². The highest BCUT2D eigenvalue weighted by Gasteiger charge is 2.17. The van der Waals surface area contributed by atoms with Gasteiger partial charge in [0, 0.05) is 6.04 Å². The first kappa shape index (κ1) is 13.5. The predicted octanol–water partition coefficient (Wildman–Crippen LogP) is 2.57. The van der Waals surface area contributed by atoms with Crippen molar-refractivity contribution in [3.8, 4) is 11.5 Å². The average molecular weight is 264 g/mol. The van der Waals surface area contributed by atoms with Gasteiger partial charge in [-0.3, -0.25) is 0 Å². The van der Waals surface area contributed by atoms with Gasteiger partial charge in [0.1, 0.15) is 0 Å². The number of fused-ring (bicyclic) bond motifs is 1. The molecule has 1 aromatic rings. The number of urea groups is 1. The fourth-order valence-corrected chi connectivity index (χ4v) is 1.83. The number of hydrogen-bond acceptors (Lipinski definition) is 3. The normalized spacial score (nSPS) is 15.7. The Labute approximate surface area is 113 Å². The number of carbonyl (C=O) groups excluding carboxylic acids is 1. The zero-order chi connectivity index (χ0) is 13.8. The lowest BCUT2D eigenvalue weighted by atomic mass is 10.1. The summed E-state index contributed by atoms with van der Waals surface area (Å²) in [7, 11) is 0. The van der Waals surface area contributed by atoms with Crippen molar-refractivity contribution in [1.82, 2.24) is 10.6 Å². The van der Waals surface area contributed by atoms with E-state index in [1.165, 1.54) is 0 Å². The predicted molar refractivity (Wildman–Crippen MR) is 72.4 cm³/mol. The number of ether oxygens (including phenoxy) is 2. The molecule has 0 saturated heterocycles. The molecular weight excluding hydrogens is 244 g/mol. The molecule has 104 valence electrons. The van der Waals surface area contributed by atoms with Crippen molar-refractivity contribution < 1.29 is 14.3 Å². The van der Waals surface area contributed by atoms with Crippen LogP contribution in [0.15, 0.2) is 18.2 Å². The highest BCUT2D eigenvalue weighted by molar-refractivity contribution is 5.74. The van der Waals surface area contributed by atoms with Crippen LogP contribution in [-0.4, -0.2) is 18.9 Å². The smallest absolute Gasteiger partial charge is 0.315 e. The summed E-state index contributed by atoms with van der Waals surface area (Å²) < 4.78 is 10.6. The van der Waals surface area contributed by atoms with Crippen LogP contribution in [0.5, 0.6) is 11.5 Å². The summed E-state index contributed by atoms with van der Waals surface area (Å²) in [6.45, 7) is 6.21. The Hall–Kier alpha value is -1.91. The lowest BCUT2D eigenvalue weighted by Gasteiger charge is -2.17. The molecule has 2 atom stereocenters. The molecule has 1 heterocycles. The van der Waals surface area contributed by atoms with Crippen LogP contribution in [0.25, 0.3) is 0 Å². The first-order valence-corrected chi connectivity index (χ1v) is 6.56. The topological polar surface area (TPSA) is 59.6 Å². The Bertz CT molecular complexity index is 462. The van der Waals surface area contributed by atoms with Crippen molar-refractivity contribution in [2.45, 2.75) is 39.3 Å². The third-order valence-electron chi connectivity index (χ3n) is 3.23. The summed E-state index contributed by atoms with van der Waals surface area (Å²) >= 11 is 0. The van der Waals surface area contributed by atoms with Gasteiger partial charge in [-0.25, -0.2) is 4.79 Å². The minimum Gasteiger partial charge on any atom is -0.454 e. The third-order valence-corrected chi connectivity index (χ3v) is 3.23. The van der Waals surface area contributed by atoms with Gasteiger partial charge in [-0.2, -0.15) is 0 Å². The first-order valence-electron chi connectivity index (χ1n) is 6.56. The number of benzene rings is 1. The van der Waals surface area contributed by atoms with Crippen molar-refractivity contribution in [3.05, 3.63) is 23.8 Å². The SMILES string of the molecule is CC[C@H](C)NC(=O)N[C@@H](C)c1ccc2c(c1)OCO2. The van der Waals surface area contributed by atoms with Gasteiger partial charge in [-0.15, -0.1) is 0 Å². The third kappa shape index (κ3) is 3.30. The van der Waals surface area contributed by atoms with Crippen LogP contribution >= 0.6 is 0 Å². The van der Waals surface area contributed by atoms with Crippen molar-refractivity contribution in [3.63, 3.8) is 0 Å². The first-order chi connectivity index (χ1) is 9.10. The summed E-state index contributed by atoms with van der Waals surface area (Å²) in [5.74, 6) is 1.48. The minimum absolute atomic E-state index is 0.0847. The maximum Gasteiger partial charge on any atom is 0.315 e. The quantitative estimate of drug-likeness (QED) is 0.878. The molecular formula is C14H20N2O3. The summed E-state index contributed by atoms with van der Waals surface area (Å²) in [6.07, 6.45) is 0.909. The van der Waals surface area contributed by atoms with Crippen molar-refractivity contribution in [2.75, 3.05) is 6.79 Å². The summed E-state index contributed by atoms with van der Waals surface area (Å²) in [4.78, 5) is 11.8. The molecule has 0 aromatic heterocycles. The molecule has 0 fully saturated rings. The van der Waals surface area contributed by atoms with Crippen molar-refractivity contribution in [2.24, 2.45) is 0 Å². The van der Waals surface area contributed by atoms with Crippen LogP contribution < -0.4 is 20.1 Å². The monoisotopic (exact) mass is 264 g/mol. The molecule has 2 amide bonds. The van der Waals surface area contributed by atoms with E-state index in [-0.39, 0.29) is 24.9 Å². The molecule has 0 aliphatic carbocycles. The van der Waals surface area contributed by atoms with Gasteiger partial charge in [0.25, 0.3) is 0 Å². The molecule has 0 bridgehead atoms. The Kier molecular flexibility index (Phi) is 4.14. The van der Waals surface area contributed by atoms with E-state index in [9.17, 15) is 4.79 Å². The van der Waals surface area contributed by atoms with Gasteiger partial charge >= 0.3 is 6.03 Å². The molecule has 5 nitrogen and oxygen atoms in total. The van der Waals surface area contributed by atoms with E-state index in [1.807, 2.05) is 39.0 Å². The van der Waals surface area contributed by atoms with E-state index in [0.717, 1.165) is 23.5 Å². The minimum atomic E-state index is -0.153. The van der Waals surface area contributed by atoms with Gasteiger partial charge < -0.3 is 20.1 Å². The van der Waals surface area contributed by atoms with Gasteiger partial charge in [0.2, 0.25) is 6.79 Å². The molecule has 0 radical (unpaired) electrons. The lowest BCUT2D eigenvalue weighted by Crippen LogP contribution is -2.41. The lowest BCUT2D eigenvalue weighted by molar-refractivity contribution is 0.174. The molecule has 19 heavy (non-hydrogen) atoms. The van der Waals surface area contributed by atoms with Crippen LogP contribution in [0.2, 0.25) is 0 Å². The van der Waals surface area contributed by atoms with Crippen molar-refractivity contribution >= 4 is 6.03 Å². The zero-order valence-electron chi connectivity index (χ0n) is 11.5. The highest BCUT2D eigenvalue weighted by atomic mass is 16.7. The second-order valence-corrected chi connectivity index (χ2v) is 4.76. The van der Waals surface area contributed by atoms with Crippen LogP contribution in [0.3, 0.4) is 0 Å². The van der Waals surface area contributed by atoms with Crippen LogP contribution in [-0.2, 0) is 0 Å². The summed E-state index contributed by atoms with van der Waals surface area (Å²) in [6, 6.07) is 5.63. The molecule has 2 N–H and O–H groups in total. The van der Waals surface area contributed by atoms with E-state index in [4.69, 9.17) is 9.47 Å². The summed E-state index contributed by atoms with van der Waals surface area (Å²) in [5.41, 5.74) is 0.989. The second-order valence-electron chi connectivity index (χ2n) is 4.76. The Balaban J connectivity index is 1.96. The molecule has 1 aliphatic heterocycles. The van der Waals surface area contributed by atoms with Crippen molar-refractivity contribution in [1.29, 1.82) is 0 Å². The molecule has 2 rings (SSSR count). The standard InChI is InChI=1S/C14H20N2O3/c1-4-9(2)15-14(17)16-10(3)11-5-6-12-13(7-11)19-8-18-12/h5-7,9-10H,4,8H2,1-3H3,(H2,15,16,17)/t9-,10-/m0/s1.